The molecule has 0 fully saturated rings. The molecule has 1 heterocycles. The number of nitrogens with one attached hydrogen (secondary N) is 1. The number of aliphatic hydroxyl groups is 1. The molecular weight excluding hydrogens is 305 g/mol. The number of aliphatic hydroxyl groups excluding tert-OH is 1. The summed E-state index contributed by atoms with van der Waals surface area (Å²) < 4.78 is 13.8. The van der Waals surface area contributed by atoms with Crippen LogP contribution in [0.2, 0.25) is 0 Å². The van der Waals surface area contributed by atoms with Gasteiger partial charge in [0.05, 0.1) is 23.5 Å². The highest BCUT2D eigenvalue weighted by Gasteiger charge is 2.16. The predicted molar refractivity (Wildman–Crippen MR) is 95.5 cm³/mol. The molecule has 0 bridgehead atoms. The first-order valence-electron chi connectivity index (χ1n) is 7.97. The number of aromatic nitrogens is 1. The van der Waals surface area contributed by atoms with E-state index in [1.54, 1.807) is 6.07 Å². The minimum atomic E-state index is -0.318. The Morgan fingerprint density at radius 3 is 2.62 bits per heavy atom. The van der Waals surface area contributed by atoms with Crippen LogP contribution in [0, 0.1) is 5.82 Å². The van der Waals surface area contributed by atoms with Gasteiger partial charge in [-0.1, -0.05) is 30.3 Å². The van der Waals surface area contributed by atoms with Crippen molar-refractivity contribution >= 4 is 16.6 Å². The molecule has 0 aliphatic rings. The molecule has 0 radical (unpaired) electrons. The zero-order chi connectivity index (χ0) is 16.9. The van der Waals surface area contributed by atoms with Crippen molar-refractivity contribution < 1.29 is 9.50 Å². The van der Waals surface area contributed by atoms with Crippen LogP contribution in [-0.2, 0) is 6.42 Å². The molecule has 1 aromatic heterocycles. The third-order valence-corrected chi connectivity index (χ3v) is 3.88. The molecule has 0 spiro atoms. The topological polar surface area (TPSA) is 71.2 Å². The summed E-state index contributed by atoms with van der Waals surface area (Å²) >= 11 is 0. The van der Waals surface area contributed by atoms with Gasteiger partial charge in [0.15, 0.2) is 0 Å². The quantitative estimate of drug-likeness (QED) is 0.652. The van der Waals surface area contributed by atoms with Crippen molar-refractivity contribution in [3.8, 4) is 11.1 Å². The number of pyridine rings is 1. The minimum Gasteiger partial charge on any atom is -0.395 e. The molecule has 0 aliphatic carbocycles. The first-order chi connectivity index (χ1) is 11.7. The number of halogens is 1. The maximum Gasteiger partial charge on any atom is 0.124 e. The second-order valence-electron chi connectivity index (χ2n) is 5.53. The van der Waals surface area contributed by atoms with Crippen LogP contribution in [0.4, 0.5) is 10.1 Å². The third-order valence-electron chi connectivity index (χ3n) is 3.88. The molecule has 3 aromatic rings. The lowest BCUT2D eigenvalue weighted by molar-refractivity contribution is 0.311. The summed E-state index contributed by atoms with van der Waals surface area (Å²) in [4.78, 5) is 4.70. The summed E-state index contributed by atoms with van der Waals surface area (Å²) in [5.41, 5.74) is 10.0. The van der Waals surface area contributed by atoms with Gasteiger partial charge >= 0.3 is 0 Å². The lowest BCUT2D eigenvalue weighted by Gasteiger charge is -2.18. The Hall–Kier alpha value is -2.50. The van der Waals surface area contributed by atoms with E-state index in [1.807, 2.05) is 30.3 Å². The average molecular weight is 325 g/mol. The Labute approximate surface area is 140 Å². The number of benzene rings is 2. The fraction of sp³-hybridized carbons (Fsp3) is 0.211. The number of nitrogens with zero attached hydrogens (tertiary/aromatic N) is 1. The van der Waals surface area contributed by atoms with Crippen molar-refractivity contribution in [2.24, 2.45) is 5.73 Å². The van der Waals surface area contributed by atoms with Gasteiger partial charge in [0.25, 0.3) is 0 Å². The molecule has 0 atom stereocenters. The first kappa shape index (κ1) is 16.4. The highest BCUT2D eigenvalue weighted by atomic mass is 19.1. The van der Waals surface area contributed by atoms with E-state index in [9.17, 15) is 9.50 Å². The van der Waals surface area contributed by atoms with Gasteiger partial charge in [0.1, 0.15) is 5.82 Å². The van der Waals surface area contributed by atoms with Crippen LogP contribution in [0.3, 0.4) is 0 Å². The van der Waals surface area contributed by atoms with Crippen LogP contribution < -0.4 is 11.1 Å². The van der Waals surface area contributed by atoms with Crippen molar-refractivity contribution in [3.05, 3.63) is 60.0 Å². The Morgan fingerprint density at radius 1 is 1.12 bits per heavy atom. The number of rotatable bonds is 6. The summed E-state index contributed by atoms with van der Waals surface area (Å²) in [6, 6.07) is 14.4. The van der Waals surface area contributed by atoms with Gasteiger partial charge in [-0.15, -0.1) is 0 Å². The average Bonchev–Trinajstić information content (AvgIpc) is 2.61. The highest BCUT2D eigenvalue weighted by Crippen LogP contribution is 2.37. The van der Waals surface area contributed by atoms with E-state index in [0.29, 0.717) is 30.4 Å². The van der Waals surface area contributed by atoms with Crippen molar-refractivity contribution in [2.75, 3.05) is 25.0 Å². The van der Waals surface area contributed by atoms with E-state index in [4.69, 9.17) is 10.7 Å². The fourth-order valence-electron chi connectivity index (χ4n) is 2.88. The van der Waals surface area contributed by atoms with Crippen LogP contribution in [-0.4, -0.2) is 29.8 Å². The third kappa shape index (κ3) is 3.22. The number of hydrogen-bond acceptors (Lipinski definition) is 4. The maximum absolute atomic E-state index is 13.8. The summed E-state index contributed by atoms with van der Waals surface area (Å²) in [7, 11) is 0. The smallest absolute Gasteiger partial charge is 0.124 e. The SMILES string of the molecule is NCCc1nc2ccc(F)cc2c(NCCO)c1-c1ccccc1. The molecule has 24 heavy (non-hydrogen) atoms. The van der Waals surface area contributed by atoms with Crippen molar-refractivity contribution in [2.45, 2.75) is 6.42 Å². The first-order valence-corrected chi connectivity index (χ1v) is 7.97. The van der Waals surface area contributed by atoms with E-state index in [-0.39, 0.29) is 12.4 Å². The normalized spacial score (nSPS) is 11.0. The minimum absolute atomic E-state index is 0.0143. The molecule has 4 N–H and O–H groups in total. The summed E-state index contributed by atoms with van der Waals surface area (Å²) in [5.74, 6) is -0.318. The monoisotopic (exact) mass is 325 g/mol. The van der Waals surface area contributed by atoms with Crippen LogP contribution in [0.5, 0.6) is 0 Å². The molecular formula is C19H20FN3O. The van der Waals surface area contributed by atoms with Gasteiger partial charge in [-0.05, 0) is 30.3 Å². The molecule has 4 nitrogen and oxygen atoms in total. The molecule has 5 heteroatoms. The van der Waals surface area contributed by atoms with Gasteiger partial charge < -0.3 is 16.2 Å². The number of anilines is 1. The molecule has 0 amide bonds. The molecule has 3 rings (SSSR count). The Bertz CT molecular complexity index is 837. The van der Waals surface area contributed by atoms with E-state index in [1.165, 1.54) is 12.1 Å². The Kier molecular flexibility index (Phi) is 5.03. The Morgan fingerprint density at radius 2 is 1.92 bits per heavy atom. The summed E-state index contributed by atoms with van der Waals surface area (Å²) in [6.45, 7) is 0.829. The summed E-state index contributed by atoms with van der Waals surface area (Å²) in [5, 5.41) is 13.1. The standard InChI is InChI=1S/C19H20FN3O/c20-14-6-7-16-15(12-14)19(22-10-11-24)18(17(23-16)8-9-21)13-4-2-1-3-5-13/h1-7,12,24H,8-11,21H2,(H,22,23). The number of hydrogen-bond donors (Lipinski definition) is 3. The summed E-state index contributed by atoms with van der Waals surface area (Å²) in [6.07, 6.45) is 0.616. The zero-order valence-electron chi connectivity index (χ0n) is 13.3. The maximum atomic E-state index is 13.8. The van der Waals surface area contributed by atoms with Crippen LogP contribution >= 0.6 is 0 Å². The molecule has 0 saturated carbocycles. The van der Waals surface area contributed by atoms with Crippen LogP contribution in [0.25, 0.3) is 22.0 Å². The number of fused-ring (bicyclic) bond motifs is 1. The second kappa shape index (κ2) is 7.38. The van der Waals surface area contributed by atoms with Crippen molar-refractivity contribution in [3.63, 3.8) is 0 Å². The van der Waals surface area contributed by atoms with Gasteiger partial charge in [-0.25, -0.2) is 4.39 Å². The largest absolute Gasteiger partial charge is 0.395 e. The molecule has 2 aromatic carbocycles. The Balaban J connectivity index is 2.33. The van der Waals surface area contributed by atoms with Crippen molar-refractivity contribution in [1.82, 2.24) is 4.98 Å². The van der Waals surface area contributed by atoms with Crippen molar-refractivity contribution in [1.29, 1.82) is 0 Å². The van der Waals surface area contributed by atoms with Crippen LogP contribution in [0.1, 0.15) is 5.69 Å². The van der Waals surface area contributed by atoms with Gasteiger partial charge in [0, 0.05) is 23.9 Å². The molecule has 0 unspecified atom stereocenters. The molecule has 0 saturated heterocycles. The van der Waals surface area contributed by atoms with E-state index >= 15 is 0 Å². The fourth-order valence-corrected chi connectivity index (χ4v) is 2.88. The lowest BCUT2D eigenvalue weighted by atomic mass is 9.97. The molecule has 124 valence electrons. The predicted octanol–water partition coefficient (Wildman–Crippen LogP) is 2.95. The number of nitrogens with two attached hydrogens (primary N) is 1. The van der Waals surface area contributed by atoms with E-state index in [2.05, 4.69) is 5.32 Å². The van der Waals surface area contributed by atoms with Gasteiger partial charge in [0.2, 0.25) is 0 Å². The van der Waals surface area contributed by atoms with Gasteiger partial charge in [-0.3, -0.25) is 4.98 Å². The van der Waals surface area contributed by atoms with Gasteiger partial charge in [-0.2, -0.15) is 0 Å². The lowest BCUT2D eigenvalue weighted by Crippen LogP contribution is -2.12. The van der Waals surface area contributed by atoms with E-state index in [0.717, 1.165) is 22.5 Å². The second-order valence-corrected chi connectivity index (χ2v) is 5.53. The zero-order valence-corrected chi connectivity index (χ0v) is 13.3. The highest BCUT2D eigenvalue weighted by molar-refractivity contribution is 6.00. The van der Waals surface area contributed by atoms with Crippen LogP contribution in [0.15, 0.2) is 48.5 Å². The van der Waals surface area contributed by atoms with E-state index < -0.39 is 0 Å². The molecule has 0 aliphatic heterocycles.